The molecule has 0 nitrogen and oxygen atoms in total. The summed E-state index contributed by atoms with van der Waals surface area (Å²) in [6, 6.07) is 0. The molecule has 0 aromatic carbocycles. The molecule has 0 aromatic rings. The van der Waals surface area contributed by atoms with Gasteiger partial charge in [0.25, 0.3) is 0 Å². The number of hydrogen-bond donors (Lipinski definition) is 0. The van der Waals surface area contributed by atoms with Crippen LogP contribution in [0.5, 0.6) is 0 Å². The zero-order valence-electron chi connectivity index (χ0n) is 3.60. The minimum atomic E-state index is 0. The Morgan fingerprint density at radius 1 is 1.25 bits per heavy atom. The standard InChI is InChI=1S/Li.Nb.Sn.Ta.3H/q+1;;;;;;-1. The van der Waals surface area contributed by atoms with Crippen molar-refractivity contribution in [2.75, 3.05) is 0 Å². The van der Waals surface area contributed by atoms with E-state index in [4.69, 9.17) is 0 Å². The van der Waals surface area contributed by atoms with Gasteiger partial charge >= 0.3 is 42.8 Å². The predicted octanol–water partition coefficient (Wildman–Crippen LogP) is -3.80. The number of rotatable bonds is 0. The van der Waals surface area contributed by atoms with Crippen molar-refractivity contribution >= 4 is 23.9 Å². The van der Waals surface area contributed by atoms with Gasteiger partial charge in [0.15, 0.2) is 0 Å². The molecule has 0 aromatic heterocycles. The molecule has 0 saturated carbocycles. The minimum absolute atomic E-state index is 0. The summed E-state index contributed by atoms with van der Waals surface area (Å²) in [5.41, 5.74) is 0. The maximum atomic E-state index is 0. The third-order valence-corrected chi connectivity index (χ3v) is 0. The molecule has 4 radical (unpaired) electrons. The van der Waals surface area contributed by atoms with E-state index in [2.05, 4.69) is 0 Å². The van der Waals surface area contributed by atoms with E-state index in [9.17, 15) is 0 Å². The van der Waals surface area contributed by atoms with Gasteiger partial charge in [-0.3, -0.25) is 0 Å². The van der Waals surface area contributed by atoms with Crippen molar-refractivity contribution in [2.24, 2.45) is 0 Å². The summed E-state index contributed by atoms with van der Waals surface area (Å²) in [5, 5.41) is 0. The zero-order valence-corrected chi connectivity index (χ0v) is 12.0. The van der Waals surface area contributed by atoms with Gasteiger partial charge in [-0.05, 0) is 0 Å². The molecule has 0 aliphatic rings. The van der Waals surface area contributed by atoms with Crippen LogP contribution < -0.4 is 18.9 Å². The third kappa shape index (κ3) is 8.86. The molecule has 0 aliphatic heterocycles. The SMILES string of the molecule is [H-].[Li+].[Nb].[SnH2].[Ta]. The molecule has 0 unspecified atom stereocenters. The molecule has 0 saturated heterocycles. The first-order valence-corrected chi connectivity index (χ1v) is 0. The Morgan fingerprint density at radius 3 is 1.25 bits per heavy atom. The Labute approximate surface area is 87.5 Å². The molecular weight excluding hydrogens is 400 g/mol. The van der Waals surface area contributed by atoms with Crippen LogP contribution in [0.4, 0.5) is 0 Å². The fourth-order valence-electron chi connectivity index (χ4n) is 0. The smallest absolute Gasteiger partial charge is 0 e. The maximum absolute atomic E-state index is 0. The van der Waals surface area contributed by atoms with Crippen LogP contribution in [0, 0.1) is 0 Å². The van der Waals surface area contributed by atoms with Crippen LogP contribution in [-0.2, 0) is 44.8 Å². The van der Waals surface area contributed by atoms with Crippen molar-refractivity contribution < 1.29 is 65.0 Å². The maximum Gasteiger partial charge on any atom is 0 e. The first-order valence-electron chi connectivity index (χ1n) is 0. The second-order valence-electron chi connectivity index (χ2n) is 0. The van der Waals surface area contributed by atoms with Crippen molar-refractivity contribution in [3.05, 3.63) is 0 Å². The van der Waals surface area contributed by atoms with E-state index in [1.807, 2.05) is 0 Å². The van der Waals surface area contributed by atoms with Gasteiger partial charge in [-0.25, -0.2) is 0 Å². The summed E-state index contributed by atoms with van der Waals surface area (Å²) in [4.78, 5) is 0. The van der Waals surface area contributed by atoms with Crippen molar-refractivity contribution in [3.63, 3.8) is 0 Å². The molecule has 18 valence electrons. The molecule has 0 heterocycles. The van der Waals surface area contributed by atoms with Crippen LogP contribution >= 0.6 is 0 Å². The van der Waals surface area contributed by atoms with E-state index in [0.717, 1.165) is 0 Å². The summed E-state index contributed by atoms with van der Waals surface area (Å²) in [6.45, 7) is 0. The van der Waals surface area contributed by atoms with E-state index in [1.165, 1.54) is 0 Å². The average Bonchev–Trinajstić information content (AvgIpc) is 0. The van der Waals surface area contributed by atoms with Gasteiger partial charge in [-0.2, -0.15) is 0 Å². The molecule has 0 fully saturated rings. The van der Waals surface area contributed by atoms with Gasteiger partial charge in [0, 0.05) is 44.8 Å². The Kier molecular flexibility index (Phi) is 121. The van der Waals surface area contributed by atoms with Gasteiger partial charge in [0.05, 0.1) is 0 Å². The van der Waals surface area contributed by atoms with Gasteiger partial charge in [0.1, 0.15) is 0 Å². The topological polar surface area (TPSA) is 0 Å². The Hall–Kier alpha value is 2.88. The first kappa shape index (κ1) is 28.7. The quantitative estimate of drug-likeness (QED) is 0.365. The van der Waals surface area contributed by atoms with Crippen LogP contribution in [-0.4, -0.2) is 23.9 Å². The van der Waals surface area contributed by atoms with Crippen LogP contribution in [0.25, 0.3) is 0 Å². The van der Waals surface area contributed by atoms with Crippen LogP contribution in [0.2, 0.25) is 0 Å². The van der Waals surface area contributed by atoms with E-state index >= 15 is 0 Å². The second-order valence-corrected chi connectivity index (χ2v) is 0. The summed E-state index contributed by atoms with van der Waals surface area (Å²) >= 11 is 0. The molecule has 0 bridgehead atoms. The molecule has 4 heavy (non-hydrogen) atoms. The van der Waals surface area contributed by atoms with Crippen molar-refractivity contribution in [1.82, 2.24) is 0 Å². The van der Waals surface area contributed by atoms with E-state index < -0.39 is 0 Å². The van der Waals surface area contributed by atoms with E-state index in [-0.39, 0.29) is 89.0 Å². The minimum Gasteiger partial charge on any atom is 0 e. The molecule has 4 heteroatoms. The van der Waals surface area contributed by atoms with Gasteiger partial charge < -0.3 is 1.43 Å². The molecular formula is H3LiNbSnTa. The Bertz CT molecular complexity index is 11.6. The first-order chi connectivity index (χ1) is 0. The van der Waals surface area contributed by atoms with Gasteiger partial charge in [0.2, 0.25) is 0 Å². The molecule has 0 rings (SSSR count). The fraction of sp³-hybridized carbons (Fsp3) is 0. The van der Waals surface area contributed by atoms with Gasteiger partial charge in [-0.1, -0.05) is 0 Å². The molecule has 0 atom stereocenters. The number of hydrogen-bond acceptors (Lipinski definition) is 0. The van der Waals surface area contributed by atoms with Crippen molar-refractivity contribution in [2.45, 2.75) is 0 Å². The Balaban J connectivity index is 0. The molecule has 0 aliphatic carbocycles. The summed E-state index contributed by atoms with van der Waals surface area (Å²) in [7, 11) is 0. The molecule has 0 spiro atoms. The second kappa shape index (κ2) is 16.9. The van der Waals surface area contributed by atoms with Crippen LogP contribution in [0.3, 0.4) is 0 Å². The molecule has 0 N–H and O–H groups in total. The zero-order chi connectivity index (χ0) is 0. The normalized spacial score (nSPS) is 0. The van der Waals surface area contributed by atoms with E-state index in [1.54, 1.807) is 0 Å². The van der Waals surface area contributed by atoms with Crippen LogP contribution in [0.15, 0.2) is 0 Å². The largest absolute Gasteiger partial charge is 0 e. The Morgan fingerprint density at radius 2 is 1.25 bits per heavy atom. The molecule has 0 amide bonds. The van der Waals surface area contributed by atoms with Crippen LogP contribution in [0.1, 0.15) is 1.43 Å². The van der Waals surface area contributed by atoms with Crippen molar-refractivity contribution in [3.8, 4) is 0 Å². The third-order valence-electron chi connectivity index (χ3n) is 0. The summed E-state index contributed by atoms with van der Waals surface area (Å²) in [5.74, 6) is 0. The van der Waals surface area contributed by atoms with Crippen molar-refractivity contribution in [1.29, 1.82) is 0 Å². The fourth-order valence-corrected chi connectivity index (χ4v) is 0. The average molecular weight is 403 g/mol. The summed E-state index contributed by atoms with van der Waals surface area (Å²) in [6.07, 6.45) is 0. The van der Waals surface area contributed by atoms with Gasteiger partial charge in [-0.15, -0.1) is 0 Å². The monoisotopic (exact) mass is 404 g/mol. The van der Waals surface area contributed by atoms with E-state index in [0.29, 0.717) is 0 Å². The predicted molar refractivity (Wildman–Crippen MR) is 9.66 cm³/mol. The summed E-state index contributed by atoms with van der Waals surface area (Å²) < 4.78 is 0.